The third kappa shape index (κ3) is 2.37. The van der Waals surface area contributed by atoms with Crippen molar-refractivity contribution in [1.29, 1.82) is 0 Å². The molecule has 1 aliphatic heterocycles. The molecular formula is C15H20N2O2. The van der Waals surface area contributed by atoms with Gasteiger partial charge < -0.3 is 9.64 Å². The van der Waals surface area contributed by atoms with Crippen LogP contribution in [0.4, 0.5) is 5.69 Å². The van der Waals surface area contributed by atoms with Gasteiger partial charge in [-0.15, -0.1) is 0 Å². The zero-order chi connectivity index (χ0) is 13.2. The Bertz CT molecular complexity index is 458. The van der Waals surface area contributed by atoms with Gasteiger partial charge in [-0.3, -0.25) is 9.78 Å². The highest BCUT2D eigenvalue weighted by molar-refractivity contribution is 5.94. The lowest BCUT2D eigenvalue weighted by molar-refractivity contribution is 0.0256. The number of nitrogens with zero attached hydrogens (tertiary/aromatic N) is 2. The maximum absolute atomic E-state index is 11.6. The summed E-state index contributed by atoms with van der Waals surface area (Å²) < 4.78 is 5.82. The lowest BCUT2D eigenvalue weighted by Crippen LogP contribution is -2.48. The van der Waals surface area contributed by atoms with Crippen molar-refractivity contribution in [3.8, 4) is 0 Å². The predicted octanol–water partition coefficient (Wildman–Crippen LogP) is 2.43. The van der Waals surface area contributed by atoms with E-state index in [0.29, 0.717) is 24.3 Å². The van der Waals surface area contributed by atoms with Crippen molar-refractivity contribution in [3.63, 3.8) is 0 Å². The molecule has 1 saturated carbocycles. The number of carbonyl (C=O) groups is 1. The molecule has 1 saturated heterocycles. The van der Waals surface area contributed by atoms with E-state index in [0.717, 1.165) is 18.8 Å². The molecule has 102 valence electrons. The molecule has 19 heavy (non-hydrogen) atoms. The van der Waals surface area contributed by atoms with E-state index >= 15 is 0 Å². The van der Waals surface area contributed by atoms with Crippen molar-refractivity contribution in [2.75, 3.05) is 18.1 Å². The molecule has 4 nitrogen and oxygen atoms in total. The van der Waals surface area contributed by atoms with Crippen LogP contribution < -0.4 is 4.90 Å². The number of ether oxygens (including phenoxy) is 1. The lowest BCUT2D eigenvalue weighted by atomic mass is 10.1. The Labute approximate surface area is 113 Å². The monoisotopic (exact) mass is 260 g/mol. The molecule has 2 heterocycles. The molecule has 0 N–H and O–H groups in total. The van der Waals surface area contributed by atoms with E-state index in [9.17, 15) is 4.79 Å². The second-order valence-electron chi connectivity index (χ2n) is 5.28. The first-order chi connectivity index (χ1) is 9.29. The number of hydrogen-bond acceptors (Lipinski definition) is 4. The zero-order valence-electron chi connectivity index (χ0n) is 11.3. The van der Waals surface area contributed by atoms with Gasteiger partial charge in [-0.05, 0) is 31.4 Å². The Morgan fingerprint density at radius 2 is 2.37 bits per heavy atom. The molecule has 2 fully saturated rings. The summed E-state index contributed by atoms with van der Waals surface area (Å²) >= 11 is 0. The third-order valence-corrected chi connectivity index (χ3v) is 4.17. The summed E-state index contributed by atoms with van der Waals surface area (Å²) in [5.41, 5.74) is 1.69. The molecule has 0 aromatic carbocycles. The van der Waals surface area contributed by atoms with Crippen LogP contribution in [0.2, 0.25) is 0 Å². The van der Waals surface area contributed by atoms with Gasteiger partial charge in [0.25, 0.3) is 0 Å². The fourth-order valence-corrected chi connectivity index (χ4v) is 3.15. The van der Waals surface area contributed by atoms with E-state index in [4.69, 9.17) is 4.74 Å². The molecule has 0 bridgehead atoms. The van der Waals surface area contributed by atoms with Crippen LogP contribution in [-0.4, -0.2) is 36.1 Å². The van der Waals surface area contributed by atoms with Crippen LogP contribution >= 0.6 is 0 Å². The van der Waals surface area contributed by atoms with Gasteiger partial charge in [0.05, 0.1) is 30.6 Å². The Morgan fingerprint density at radius 1 is 1.47 bits per heavy atom. The molecule has 0 spiro atoms. The standard InChI is InChI=1S/C15H20N2O2/c1-2-14(18)12-7-6-11(10-16-12)17-8-9-19-15-5-3-4-13(15)17/h6-7,10,13,15H,2-5,8-9H2,1H3. The van der Waals surface area contributed by atoms with Crippen molar-refractivity contribution >= 4 is 11.5 Å². The SMILES string of the molecule is CCC(=O)c1ccc(N2CCOC3CCCC32)cn1. The molecular weight excluding hydrogens is 240 g/mol. The second kappa shape index (κ2) is 5.29. The summed E-state index contributed by atoms with van der Waals surface area (Å²) in [5.74, 6) is 0.104. The van der Waals surface area contributed by atoms with Gasteiger partial charge in [-0.1, -0.05) is 6.92 Å². The van der Waals surface area contributed by atoms with Gasteiger partial charge in [-0.2, -0.15) is 0 Å². The van der Waals surface area contributed by atoms with Crippen LogP contribution in [0.5, 0.6) is 0 Å². The summed E-state index contributed by atoms with van der Waals surface area (Å²) in [6.45, 7) is 3.57. The minimum atomic E-state index is 0.104. The van der Waals surface area contributed by atoms with Crippen molar-refractivity contribution in [3.05, 3.63) is 24.0 Å². The van der Waals surface area contributed by atoms with Gasteiger partial charge in [0.2, 0.25) is 0 Å². The fourth-order valence-electron chi connectivity index (χ4n) is 3.15. The topological polar surface area (TPSA) is 42.4 Å². The first kappa shape index (κ1) is 12.6. The molecule has 1 aromatic heterocycles. The minimum absolute atomic E-state index is 0.104. The van der Waals surface area contributed by atoms with E-state index in [1.54, 1.807) is 0 Å². The number of hydrogen-bond donors (Lipinski definition) is 0. The molecule has 0 amide bonds. The average Bonchev–Trinajstić information content (AvgIpc) is 2.95. The molecule has 2 unspecified atom stereocenters. The minimum Gasteiger partial charge on any atom is -0.374 e. The van der Waals surface area contributed by atoms with Gasteiger partial charge in [-0.25, -0.2) is 0 Å². The Kier molecular flexibility index (Phi) is 3.51. The molecule has 0 radical (unpaired) electrons. The molecule has 3 rings (SSSR count). The Morgan fingerprint density at radius 3 is 3.11 bits per heavy atom. The number of Topliss-reactive ketones (excluding diaryl/α,β-unsaturated/α-hetero) is 1. The van der Waals surface area contributed by atoms with Crippen LogP contribution in [0.15, 0.2) is 18.3 Å². The summed E-state index contributed by atoms with van der Waals surface area (Å²) in [6, 6.07) is 4.36. The van der Waals surface area contributed by atoms with E-state index in [-0.39, 0.29) is 5.78 Å². The number of pyridine rings is 1. The summed E-state index contributed by atoms with van der Waals surface area (Å²) in [7, 11) is 0. The second-order valence-corrected chi connectivity index (χ2v) is 5.28. The maximum Gasteiger partial charge on any atom is 0.180 e. The van der Waals surface area contributed by atoms with E-state index in [1.807, 2.05) is 25.3 Å². The third-order valence-electron chi connectivity index (χ3n) is 4.17. The van der Waals surface area contributed by atoms with E-state index in [1.165, 1.54) is 19.3 Å². The predicted molar refractivity (Wildman–Crippen MR) is 73.6 cm³/mol. The highest BCUT2D eigenvalue weighted by atomic mass is 16.5. The smallest absolute Gasteiger partial charge is 0.180 e. The highest BCUT2D eigenvalue weighted by Crippen LogP contribution is 2.32. The van der Waals surface area contributed by atoms with Crippen molar-refractivity contribution < 1.29 is 9.53 Å². The number of morpholine rings is 1. The number of ketones is 1. The van der Waals surface area contributed by atoms with Gasteiger partial charge in [0.1, 0.15) is 5.69 Å². The van der Waals surface area contributed by atoms with Gasteiger partial charge in [0, 0.05) is 13.0 Å². The molecule has 1 aromatic rings. The normalized spacial score (nSPS) is 26.3. The molecule has 1 aliphatic carbocycles. The summed E-state index contributed by atoms with van der Waals surface area (Å²) in [6.07, 6.45) is 6.33. The highest BCUT2D eigenvalue weighted by Gasteiger charge is 2.36. The van der Waals surface area contributed by atoms with Crippen molar-refractivity contribution in [1.82, 2.24) is 4.98 Å². The lowest BCUT2D eigenvalue weighted by Gasteiger charge is -2.39. The number of fused-ring (bicyclic) bond motifs is 1. The Balaban J connectivity index is 1.79. The molecule has 2 atom stereocenters. The Hall–Kier alpha value is -1.42. The van der Waals surface area contributed by atoms with Crippen LogP contribution in [0.25, 0.3) is 0 Å². The fraction of sp³-hybridized carbons (Fsp3) is 0.600. The zero-order valence-corrected chi connectivity index (χ0v) is 11.3. The van der Waals surface area contributed by atoms with Crippen LogP contribution in [0.3, 0.4) is 0 Å². The largest absolute Gasteiger partial charge is 0.374 e. The maximum atomic E-state index is 11.6. The summed E-state index contributed by atoms with van der Waals surface area (Å²) in [4.78, 5) is 18.3. The first-order valence-electron chi connectivity index (χ1n) is 7.17. The van der Waals surface area contributed by atoms with Crippen LogP contribution in [0.1, 0.15) is 43.1 Å². The molecule has 2 aliphatic rings. The van der Waals surface area contributed by atoms with Gasteiger partial charge in [0.15, 0.2) is 5.78 Å². The van der Waals surface area contributed by atoms with Crippen LogP contribution in [0, 0.1) is 0 Å². The first-order valence-corrected chi connectivity index (χ1v) is 7.17. The van der Waals surface area contributed by atoms with Crippen molar-refractivity contribution in [2.45, 2.75) is 44.8 Å². The number of rotatable bonds is 3. The van der Waals surface area contributed by atoms with E-state index < -0.39 is 0 Å². The number of carbonyl (C=O) groups excluding carboxylic acids is 1. The average molecular weight is 260 g/mol. The van der Waals surface area contributed by atoms with E-state index in [2.05, 4.69) is 9.88 Å². The van der Waals surface area contributed by atoms with Gasteiger partial charge >= 0.3 is 0 Å². The number of aromatic nitrogens is 1. The summed E-state index contributed by atoms with van der Waals surface area (Å²) in [5, 5.41) is 0. The van der Waals surface area contributed by atoms with Crippen molar-refractivity contribution in [2.24, 2.45) is 0 Å². The quantitative estimate of drug-likeness (QED) is 0.783. The van der Waals surface area contributed by atoms with Crippen LogP contribution in [-0.2, 0) is 4.74 Å². The number of anilines is 1. The molecule has 4 heteroatoms.